The smallest absolute Gasteiger partial charge is 0.188 e. The third-order valence-corrected chi connectivity index (χ3v) is 2.24. The van der Waals surface area contributed by atoms with Crippen LogP contribution < -0.4 is 0 Å². The largest absolute Gasteiger partial charge is 0.289 e. The quantitative estimate of drug-likeness (QED) is 0.487. The topological polar surface area (TPSA) is 17.1 Å². The summed E-state index contributed by atoms with van der Waals surface area (Å²) in [5, 5.41) is 1.87. The van der Waals surface area contributed by atoms with Crippen molar-refractivity contribution in [3.05, 3.63) is 34.0 Å². The molecule has 0 amide bonds. The molecule has 0 aliphatic heterocycles. The van der Waals surface area contributed by atoms with Gasteiger partial charge < -0.3 is 0 Å². The zero-order valence-electron chi connectivity index (χ0n) is 6.68. The van der Waals surface area contributed by atoms with Crippen LogP contribution in [-0.2, 0) is 0 Å². The molecule has 0 aromatic carbocycles. The van der Waals surface area contributed by atoms with Gasteiger partial charge in [0.15, 0.2) is 5.78 Å². The number of Topliss-reactive ketones (excluding diaryl/α,β-unsaturated/α-hetero) is 1. The molecule has 0 bridgehead atoms. The van der Waals surface area contributed by atoms with Gasteiger partial charge in [-0.2, -0.15) is 0 Å². The van der Waals surface area contributed by atoms with Gasteiger partial charge in [-0.05, 0) is 25.5 Å². The Morgan fingerprint density at radius 1 is 1.64 bits per heavy atom. The minimum atomic E-state index is 0.0503. The second-order valence-corrected chi connectivity index (χ2v) is 3.67. The van der Waals surface area contributed by atoms with Crippen molar-refractivity contribution in [2.75, 3.05) is 0 Å². The molecule has 0 atom stereocenters. The highest BCUT2D eigenvalue weighted by Gasteiger charge is 2.06. The van der Waals surface area contributed by atoms with Gasteiger partial charge in [0.05, 0.1) is 0 Å². The molecule has 0 unspecified atom stereocenters. The summed E-state index contributed by atoms with van der Waals surface area (Å²) in [6.07, 6.45) is 0. The van der Waals surface area contributed by atoms with Gasteiger partial charge in [-0.25, -0.2) is 0 Å². The van der Waals surface area contributed by atoms with Gasteiger partial charge >= 0.3 is 0 Å². The SMILES string of the molecule is C=C(C)C(=O)c1csc(C)c1. The molecule has 11 heavy (non-hydrogen) atoms. The van der Waals surface area contributed by atoms with Crippen molar-refractivity contribution in [2.24, 2.45) is 0 Å². The molecule has 0 N–H and O–H groups in total. The molecule has 2 heteroatoms. The Labute approximate surface area is 70.4 Å². The fraction of sp³-hybridized carbons (Fsp3) is 0.222. The third-order valence-electron chi connectivity index (χ3n) is 1.38. The van der Waals surface area contributed by atoms with Crippen molar-refractivity contribution in [3.8, 4) is 0 Å². The van der Waals surface area contributed by atoms with Gasteiger partial charge in [0, 0.05) is 15.8 Å². The van der Waals surface area contributed by atoms with Crippen molar-refractivity contribution < 1.29 is 4.79 Å². The lowest BCUT2D eigenvalue weighted by molar-refractivity contribution is 0.103. The van der Waals surface area contributed by atoms with Crippen LogP contribution in [0.25, 0.3) is 0 Å². The summed E-state index contributed by atoms with van der Waals surface area (Å²) < 4.78 is 0. The van der Waals surface area contributed by atoms with Gasteiger partial charge in [0.25, 0.3) is 0 Å². The molecule has 0 fully saturated rings. The lowest BCUT2D eigenvalue weighted by Crippen LogP contribution is -1.96. The van der Waals surface area contributed by atoms with Crippen molar-refractivity contribution >= 4 is 17.1 Å². The van der Waals surface area contributed by atoms with Crippen LogP contribution >= 0.6 is 11.3 Å². The van der Waals surface area contributed by atoms with Crippen molar-refractivity contribution in [1.82, 2.24) is 0 Å². The maximum Gasteiger partial charge on any atom is 0.188 e. The molecule has 0 spiro atoms. The molecular formula is C9H10OS. The van der Waals surface area contributed by atoms with Gasteiger partial charge in [0.2, 0.25) is 0 Å². The first kappa shape index (κ1) is 8.21. The molecule has 0 aliphatic carbocycles. The molecule has 1 aromatic heterocycles. The molecule has 1 heterocycles. The Morgan fingerprint density at radius 2 is 2.27 bits per heavy atom. The van der Waals surface area contributed by atoms with Crippen LogP contribution in [0.5, 0.6) is 0 Å². The van der Waals surface area contributed by atoms with E-state index in [0.717, 1.165) is 10.4 Å². The molecule has 1 rings (SSSR count). The molecule has 1 nitrogen and oxygen atoms in total. The number of allylic oxidation sites excluding steroid dienone is 1. The first-order chi connectivity index (χ1) is 5.11. The number of carbonyl (C=O) groups is 1. The number of hydrogen-bond donors (Lipinski definition) is 0. The van der Waals surface area contributed by atoms with Gasteiger partial charge in [-0.1, -0.05) is 6.58 Å². The van der Waals surface area contributed by atoms with E-state index in [0.29, 0.717) is 5.57 Å². The van der Waals surface area contributed by atoms with E-state index in [-0.39, 0.29) is 5.78 Å². The molecule has 1 aromatic rings. The fourth-order valence-electron chi connectivity index (χ4n) is 0.809. The minimum Gasteiger partial charge on any atom is -0.289 e. The van der Waals surface area contributed by atoms with E-state index >= 15 is 0 Å². The van der Waals surface area contributed by atoms with E-state index in [1.807, 2.05) is 18.4 Å². The summed E-state index contributed by atoms with van der Waals surface area (Å²) in [6, 6.07) is 1.89. The summed E-state index contributed by atoms with van der Waals surface area (Å²) in [5.74, 6) is 0.0503. The Hall–Kier alpha value is -0.890. The number of aryl methyl sites for hydroxylation is 1. The fourth-order valence-corrected chi connectivity index (χ4v) is 1.49. The molecule has 0 saturated carbocycles. The van der Waals surface area contributed by atoms with Gasteiger partial charge in [-0.3, -0.25) is 4.79 Å². The maximum absolute atomic E-state index is 11.3. The summed E-state index contributed by atoms with van der Waals surface area (Å²) in [5.41, 5.74) is 1.36. The highest BCUT2D eigenvalue weighted by atomic mass is 32.1. The van der Waals surface area contributed by atoms with Crippen molar-refractivity contribution in [3.63, 3.8) is 0 Å². The zero-order chi connectivity index (χ0) is 8.43. The van der Waals surface area contributed by atoms with Crippen molar-refractivity contribution in [2.45, 2.75) is 13.8 Å². The van der Waals surface area contributed by atoms with Crippen molar-refractivity contribution in [1.29, 1.82) is 0 Å². The van der Waals surface area contributed by atoms with E-state index in [2.05, 4.69) is 6.58 Å². The standard InChI is InChI=1S/C9H10OS/c1-6(2)9(10)8-4-7(3)11-5-8/h4-5H,1H2,2-3H3. The first-order valence-corrected chi connectivity index (χ1v) is 4.24. The molecule has 0 aliphatic rings. The Kier molecular flexibility index (Phi) is 2.25. The summed E-state index contributed by atoms with van der Waals surface area (Å²) in [7, 11) is 0. The average molecular weight is 166 g/mol. The van der Waals surface area contributed by atoms with Crippen LogP contribution in [0.2, 0.25) is 0 Å². The monoisotopic (exact) mass is 166 g/mol. The lowest BCUT2D eigenvalue weighted by atomic mass is 10.1. The van der Waals surface area contributed by atoms with Gasteiger partial charge in [-0.15, -0.1) is 11.3 Å². The predicted octanol–water partition coefficient (Wildman–Crippen LogP) is 2.82. The number of rotatable bonds is 2. The number of thiophene rings is 1. The second-order valence-electron chi connectivity index (χ2n) is 2.56. The number of ketones is 1. The van der Waals surface area contributed by atoms with E-state index in [4.69, 9.17) is 0 Å². The van der Waals surface area contributed by atoms with E-state index in [9.17, 15) is 4.79 Å². The summed E-state index contributed by atoms with van der Waals surface area (Å²) in [6.45, 7) is 7.31. The van der Waals surface area contributed by atoms with Crippen LogP contribution in [-0.4, -0.2) is 5.78 Å². The Morgan fingerprint density at radius 3 is 2.64 bits per heavy atom. The van der Waals surface area contributed by atoms with Crippen LogP contribution in [0, 0.1) is 6.92 Å². The summed E-state index contributed by atoms with van der Waals surface area (Å²) >= 11 is 1.59. The minimum absolute atomic E-state index is 0.0503. The van der Waals surface area contributed by atoms with Gasteiger partial charge in [0.1, 0.15) is 0 Å². The van der Waals surface area contributed by atoms with E-state index < -0.39 is 0 Å². The Balaban J connectivity index is 2.94. The van der Waals surface area contributed by atoms with Crippen LogP contribution in [0.4, 0.5) is 0 Å². The average Bonchev–Trinajstić information content (AvgIpc) is 2.34. The maximum atomic E-state index is 11.3. The van der Waals surface area contributed by atoms with Crippen LogP contribution in [0.1, 0.15) is 22.2 Å². The summed E-state index contributed by atoms with van der Waals surface area (Å²) in [4.78, 5) is 12.4. The second kappa shape index (κ2) is 3.01. The molecule has 58 valence electrons. The molecule has 0 radical (unpaired) electrons. The van der Waals surface area contributed by atoms with Crippen LogP contribution in [0.15, 0.2) is 23.6 Å². The Bertz CT molecular complexity index is 296. The van der Waals surface area contributed by atoms with E-state index in [1.54, 1.807) is 18.3 Å². The first-order valence-electron chi connectivity index (χ1n) is 3.36. The normalized spacial score (nSPS) is 9.64. The molecular weight excluding hydrogens is 156 g/mol. The highest BCUT2D eigenvalue weighted by Crippen LogP contribution is 2.15. The van der Waals surface area contributed by atoms with Crippen LogP contribution in [0.3, 0.4) is 0 Å². The number of carbonyl (C=O) groups excluding carboxylic acids is 1. The lowest BCUT2D eigenvalue weighted by Gasteiger charge is -1.92. The zero-order valence-corrected chi connectivity index (χ0v) is 7.49. The highest BCUT2D eigenvalue weighted by molar-refractivity contribution is 7.10. The molecule has 0 saturated heterocycles. The van der Waals surface area contributed by atoms with E-state index in [1.165, 1.54) is 0 Å². The number of hydrogen-bond acceptors (Lipinski definition) is 2. The predicted molar refractivity (Wildman–Crippen MR) is 48.2 cm³/mol. The third kappa shape index (κ3) is 1.77.